The quantitative estimate of drug-likeness (QED) is 0.691. The van der Waals surface area contributed by atoms with Crippen LogP contribution < -0.4 is 0 Å². The van der Waals surface area contributed by atoms with Crippen LogP contribution in [0.1, 0.15) is 13.3 Å². The number of hydrogen-bond donors (Lipinski definition) is 2. The molecule has 1 unspecified atom stereocenters. The largest absolute Gasteiger partial charge is 0.497 e. The molecule has 0 aromatic carbocycles. The van der Waals surface area contributed by atoms with Crippen molar-refractivity contribution in [1.29, 1.82) is 0 Å². The Morgan fingerprint density at radius 1 is 1.19 bits per heavy atom. The molecular formula is C10H17BO5. The third-order valence-electron chi connectivity index (χ3n) is 2.74. The summed E-state index contributed by atoms with van der Waals surface area (Å²) in [6, 6.07) is 0. The molecule has 2 N–H and O–H groups in total. The number of hydrogen-bond acceptors (Lipinski definition) is 5. The molecule has 16 heavy (non-hydrogen) atoms. The van der Waals surface area contributed by atoms with Crippen molar-refractivity contribution in [3.05, 3.63) is 23.4 Å². The molecule has 0 bridgehead atoms. The van der Waals surface area contributed by atoms with Gasteiger partial charge in [-0.2, -0.15) is 0 Å². The highest BCUT2D eigenvalue weighted by Gasteiger charge is 2.42. The molecule has 0 saturated carbocycles. The Bertz CT molecular complexity index is 323. The Kier molecular flexibility index (Phi) is 3.88. The lowest BCUT2D eigenvalue weighted by atomic mass is 9.55. The fourth-order valence-electron chi connectivity index (χ4n) is 1.68. The summed E-state index contributed by atoms with van der Waals surface area (Å²) >= 11 is 0. The van der Waals surface area contributed by atoms with E-state index < -0.39 is 12.4 Å². The van der Waals surface area contributed by atoms with Gasteiger partial charge in [0.05, 0.1) is 21.3 Å². The van der Waals surface area contributed by atoms with Crippen LogP contribution in [0, 0.1) is 0 Å². The second-order valence-corrected chi connectivity index (χ2v) is 3.93. The fourth-order valence-corrected chi connectivity index (χ4v) is 1.68. The van der Waals surface area contributed by atoms with Crippen LogP contribution in [0.5, 0.6) is 0 Å². The number of ether oxygens (including phenoxy) is 3. The predicted molar refractivity (Wildman–Crippen MR) is 59.3 cm³/mol. The SMILES string of the molecule is COC1=CC(C)(B(O)O)CC(OC)=C1OC. The summed E-state index contributed by atoms with van der Waals surface area (Å²) in [6.45, 7) is 1.71. The van der Waals surface area contributed by atoms with E-state index in [1.807, 2.05) is 0 Å². The minimum Gasteiger partial charge on any atom is -0.497 e. The van der Waals surface area contributed by atoms with E-state index in [1.54, 1.807) is 13.0 Å². The molecule has 0 fully saturated rings. The van der Waals surface area contributed by atoms with Crippen LogP contribution in [0.2, 0.25) is 5.31 Å². The Morgan fingerprint density at radius 2 is 1.81 bits per heavy atom. The van der Waals surface area contributed by atoms with Crippen LogP contribution in [-0.4, -0.2) is 38.5 Å². The van der Waals surface area contributed by atoms with Crippen molar-refractivity contribution in [3.63, 3.8) is 0 Å². The smallest absolute Gasteiger partial charge is 0.462 e. The van der Waals surface area contributed by atoms with Gasteiger partial charge in [0.1, 0.15) is 5.76 Å². The zero-order valence-corrected chi connectivity index (χ0v) is 9.98. The highest BCUT2D eigenvalue weighted by molar-refractivity contribution is 6.46. The summed E-state index contributed by atoms with van der Waals surface area (Å²) in [5.74, 6) is 1.47. The third-order valence-corrected chi connectivity index (χ3v) is 2.74. The second-order valence-electron chi connectivity index (χ2n) is 3.93. The summed E-state index contributed by atoms with van der Waals surface area (Å²) in [6.07, 6.45) is 1.98. The summed E-state index contributed by atoms with van der Waals surface area (Å²) < 4.78 is 15.5. The zero-order chi connectivity index (χ0) is 12.3. The van der Waals surface area contributed by atoms with E-state index in [2.05, 4.69) is 0 Å². The van der Waals surface area contributed by atoms with Crippen molar-refractivity contribution in [2.24, 2.45) is 0 Å². The van der Waals surface area contributed by atoms with Gasteiger partial charge in [0, 0.05) is 11.7 Å². The van der Waals surface area contributed by atoms with Gasteiger partial charge in [-0.25, -0.2) is 0 Å². The molecule has 0 aromatic heterocycles. The second kappa shape index (κ2) is 4.80. The number of methoxy groups -OCH3 is 3. The van der Waals surface area contributed by atoms with E-state index in [0.29, 0.717) is 23.7 Å². The molecule has 0 heterocycles. The van der Waals surface area contributed by atoms with Crippen molar-refractivity contribution in [2.75, 3.05) is 21.3 Å². The number of rotatable bonds is 4. The lowest BCUT2D eigenvalue weighted by molar-refractivity contribution is 0.164. The summed E-state index contributed by atoms with van der Waals surface area (Å²) in [4.78, 5) is 0. The minimum atomic E-state index is -1.48. The maximum absolute atomic E-state index is 9.36. The Labute approximate surface area is 95.5 Å². The van der Waals surface area contributed by atoms with Crippen molar-refractivity contribution in [3.8, 4) is 0 Å². The first-order valence-corrected chi connectivity index (χ1v) is 4.93. The van der Waals surface area contributed by atoms with Gasteiger partial charge in [0.2, 0.25) is 0 Å². The van der Waals surface area contributed by atoms with Gasteiger partial charge in [-0.3, -0.25) is 0 Å². The van der Waals surface area contributed by atoms with Gasteiger partial charge in [-0.15, -0.1) is 0 Å². The standard InChI is InChI=1S/C10H17BO5/c1-10(11(12)13)5-7(14-2)9(16-4)8(6-10)15-3/h5,12-13H,6H2,1-4H3. The average molecular weight is 228 g/mol. The van der Waals surface area contributed by atoms with E-state index in [0.717, 1.165) is 0 Å². The van der Waals surface area contributed by atoms with Gasteiger partial charge in [0.15, 0.2) is 11.5 Å². The molecule has 0 spiro atoms. The lowest BCUT2D eigenvalue weighted by Gasteiger charge is -2.31. The third kappa shape index (κ3) is 2.17. The van der Waals surface area contributed by atoms with Crippen LogP contribution in [-0.2, 0) is 14.2 Å². The van der Waals surface area contributed by atoms with Crippen molar-refractivity contribution in [2.45, 2.75) is 18.7 Å². The van der Waals surface area contributed by atoms with Crippen molar-refractivity contribution < 1.29 is 24.3 Å². The molecule has 6 heteroatoms. The van der Waals surface area contributed by atoms with E-state index >= 15 is 0 Å². The Morgan fingerprint density at radius 3 is 2.19 bits per heavy atom. The van der Waals surface area contributed by atoms with E-state index in [9.17, 15) is 10.0 Å². The molecule has 5 nitrogen and oxygen atoms in total. The summed E-state index contributed by atoms with van der Waals surface area (Å²) in [5, 5.41) is 17.9. The van der Waals surface area contributed by atoms with E-state index in [-0.39, 0.29) is 0 Å². The molecule has 1 aliphatic rings. The van der Waals surface area contributed by atoms with Gasteiger partial charge in [-0.1, -0.05) is 6.92 Å². The summed E-state index contributed by atoms with van der Waals surface area (Å²) in [5.41, 5.74) is 0. The van der Waals surface area contributed by atoms with Crippen LogP contribution in [0.3, 0.4) is 0 Å². The molecule has 0 aromatic rings. The predicted octanol–water partition coefficient (Wildman–Crippen LogP) is 0.658. The number of allylic oxidation sites excluding steroid dienone is 2. The lowest BCUT2D eigenvalue weighted by Crippen LogP contribution is -2.32. The van der Waals surface area contributed by atoms with Crippen molar-refractivity contribution in [1.82, 2.24) is 0 Å². The topological polar surface area (TPSA) is 68.2 Å². The van der Waals surface area contributed by atoms with E-state index in [1.165, 1.54) is 21.3 Å². The molecule has 1 rings (SSSR count). The first-order valence-electron chi connectivity index (χ1n) is 4.93. The van der Waals surface area contributed by atoms with Crippen molar-refractivity contribution >= 4 is 7.12 Å². The molecule has 1 atom stereocenters. The maximum Gasteiger partial charge on any atom is 0.462 e. The molecular weight excluding hydrogens is 211 g/mol. The Hall–Kier alpha value is -1.14. The Balaban J connectivity index is 3.16. The molecule has 0 amide bonds. The summed E-state index contributed by atoms with van der Waals surface area (Å²) in [7, 11) is 3.03. The van der Waals surface area contributed by atoms with Crippen LogP contribution >= 0.6 is 0 Å². The van der Waals surface area contributed by atoms with Gasteiger partial charge >= 0.3 is 7.12 Å². The zero-order valence-electron chi connectivity index (χ0n) is 9.98. The van der Waals surface area contributed by atoms with Gasteiger partial charge < -0.3 is 24.3 Å². The molecule has 90 valence electrons. The molecule has 0 aliphatic heterocycles. The molecule has 0 saturated heterocycles. The first kappa shape index (κ1) is 12.9. The highest BCUT2D eigenvalue weighted by Crippen LogP contribution is 2.44. The van der Waals surface area contributed by atoms with Gasteiger partial charge in [-0.05, 0) is 6.08 Å². The van der Waals surface area contributed by atoms with Crippen LogP contribution in [0.25, 0.3) is 0 Å². The fraction of sp³-hybridized carbons (Fsp3) is 0.600. The van der Waals surface area contributed by atoms with E-state index in [4.69, 9.17) is 14.2 Å². The maximum atomic E-state index is 9.36. The molecule has 1 aliphatic carbocycles. The molecule has 0 radical (unpaired) electrons. The van der Waals surface area contributed by atoms with Crippen LogP contribution in [0.15, 0.2) is 23.4 Å². The first-order chi connectivity index (χ1) is 7.48. The monoisotopic (exact) mass is 228 g/mol. The highest BCUT2D eigenvalue weighted by atomic mass is 16.5. The minimum absolute atomic E-state index is 0.344. The van der Waals surface area contributed by atoms with Gasteiger partial charge in [0.25, 0.3) is 0 Å². The van der Waals surface area contributed by atoms with Crippen LogP contribution in [0.4, 0.5) is 0 Å². The average Bonchev–Trinajstić information content (AvgIpc) is 2.27. The normalized spacial score (nSPS) is 25.0.